The topological polar surface area (TPSA) is 78.0 Å². The quantitative estimate of drug-likeness (QED) is 0.626. The predicted molar refractivity (Wildman–Crippen MR) is 123 cm³/mol. The van der Waals surface area contributed by atoms with Gasteiger partial charge in [0.2, 0.25) is 0 Å². The van der Waals surface area contributed by atoms with E-state index in [1.807, 2.05) is 0 Å². The van der Waals surface area contributed by atoms with Crippen LogP contribution < -0.4 is 0 Å². The van der Waals surface area contributed by atoms with Crippen LogP contribution in [-0.4, -0.2) is 72.9 Å². The molecule has 0 unspecified atom stereocenters. The molecule has 0 saturated carbocycles. The first-order valence-electron chi connectivity index (χ1n) is 11.2. The highest BCUT2D eigenvalue weighted by atomic mass is 32.2. The summed E-state index contributed by atoms with van der Waals surface area (Å²) in [6, 6.07) is 11.7. The average molecular weight is 474 g/mol. The zero-order valence-electron chi connectivity index (χ0n) is 18.6. The standard InChI is InChI=1S/C24H28FN3O4S/c1-18-10-12-27(13-11-18)33(31,32)28-16-14-26(15-17-28)24(30)22-5-3-2-4-21(22)23(29)19-6-8-20(25)9-7-19/h2-9,18H,10-17H2,1H3. The number of carbonyl (C=O) groups is 2. The van der Waals surface area contributed by atoms with Crippen LogP contribution in [0.1, 0.15) is 46.0 Å². The van der Waals surface area contributed by atoms with Crippen LogP contribution in [0, 0.1) is 11.7 Å². The monoisotopic (exact) mass is 473 g/mol. The average Bonchev–Trinajstić information content (AvgIpc) is 2.84. The molecular formula is C24H28FN3O4S. The molecule has 9 heteroatoms. The lowest BCUT2D eigenvalue weighted by Crippen LogP contribution is -2.55. The van der Waals surface area contributed by atoms with Gasteiger partial charge in [-0.2, -0.15) is 17.0 Å². The van der Waals surface area contributed by atoms with Gasteiger partial charge >= 0.3 is 0 Å². The molecule has 0 radical (unpaired) electrons. The van der Waals surface area contributed by atoms with Gasteiger partial charge in [-0.05, 0) is 49.1 Å². The highest BCUT2D eigenvalue weighted by molar-refractivity contribution is 7.86. The van der Waals surface area contributed by atoms with E-state index < -0.39 is 16.0 Å². The number of ketones is 1. The fourth-order valence-electron chi connectivity index (χ4n) is 4.30. The van der Waals surface area contributed by atoms with Crippen molar-refractivity contribution in [2.24, 2.45) is 5.92 Å². The number of piperidine rings is 1. The number of carbonyl (C=O) groups excluding carboxylic acids is 2. The molecule has 0 bridgehead atoms. The van der Waals surface area contributed by atoms with E-state index in [9.17, 15) is 22.4 Å². The molecule has 2 aromatic rings. The van der Waals surface area contributed by atoms with E-state index in [1.54, 1.807) is 33.5 Å². The lowest BCUT2D eigenvalue weighted by molar-refractivity contribution is 0.0689. The summed E-state index contributed by atoms with van der Waals surface area (Å²) in [5, 5.41) is 0. The van der Waals surface area contributed by atoms with Gasteiger partial charge in [0.1, 0.15) is 5.82 Å². The number of halogens is 1. The van der Waals surface area contributed by atoms with Crippen LogP contribution in [0.3, 0.4) is 0 Å². The molecule has 33 heavy (non-hydrogen) atoms. The normalized spacial score (nSPS) is 18.9. The van der Waals surface area contributed by atoms with Gasteiger partial charge in [-0.1, -0.05) is 25.1 Å². The van der Waals surface area contributed by atoms with Crippen LogP contribution >= 0.6 is 0 Å². The van der Waals surface area contributed by atoms with Crippen LogP contribution in [0.2, 0.25) is 0 Å². The van der Waals surface area contributed by atoms with Gasteiger partial charge in [0.05, 0.1) is 5.56 Å². The van der Waals surface area contributed by atoms with Gasteiger partial charge in [0, 0.05) is 50.4 Å². The van der Waals surface area contributed by atoms with Gasteiger partial charge in [0.25, 0.3) is 16.1 Å². The smallest absolute Gasteiger partial charge is 0.282 e. The molecule has 4 rings (SSSR count). The molecular weight excluding hydrogens is 445 g/mol. The molecule has 2 aliphatic rings. The number of nitrogens with zero attached hydrogens (tertiary/aromatic N) is 3. The molecule has 1 amide bonds. The van der Waals surface area contributed by atoms with Crippen molar-refractivity contribution in [2.75, 3.05) is 39.3 Å². The summed E-state index contributed by atoms with van der Waals surface area (Å²) in [5.74, 6) is -0.587. The lowest BCUT2D eigenvalue weighted by Gasteiger charge is -2.38. The van der Waals surface area contributed by atoms with E-state index in [0.29, 0.717) is 24.6 Å². The van der Waals surface area contributed by atoms with Crippen molar-refractivity contribution in [3.05, 3.63) is 71.0 Å². The molecule has 176 valence electrons. The van der Waals surface area contributed by atoms with Crippen LogP contribution in [-0.2, 0) is 10.2 Å². The number of amides is 1. The highest BCUT2D eigenvalue weighted by Crippen LogP contribution is 2.23. The Kier molecular flexibility index (Phi) is 6.92. The number of hydrogen-bond acceptors (Lipinski definition) is 4. The summed E-state index contributed by atoms with van der Waals surface area (Å²) in [4.78, 5) is 27.8. The fourth-order valence-corrected chi connectivity index (χ4v) is 5.92. The molecule has 0 aliphatic carbocycles. The van der Waals surface area contributed by atoms with E-state index in [0.717, 1.165) is 12.8 Å². The Labute approximate surface area is 194 Å². The van der Waals surface area contributed by atoms with Crippen molar-refractivity contribution in [1.29, 1.82) is 0 Å². The number of benzene rings is 2. The second kappa shape index (κ2) is 9.70. The molecule has 0 N–H and O–H groups in total. The first kappa shape index (κ1) is 23.5. The third-order valence-corrected chi connectivity index (χ3v) is 8.46. The van der Waals surface area contributed by atoms with Crippen molar-refractivity contribution in [3.63, 3.8) is 0 Å². The number of piperazine rings is 1. The third-order valence-electron chi connectivity index (χ3n) is 6.43. The molecule has 2 saturated heterocycles. The molecule has 2 heterocycles. The molecule has 0 atom stereocenters. The minimum Gasteiger partial charge on any atom is -0.336 e. The predicted octanol–water partition coefficient (Wildman–Crippen LogP) is 2.79. The SMILES string of the molecule is CC1CCN(S(=O)(=O)N2CCN(C(=O)c3ccccc3C(=O)c3ccc(F)cc3)CC2)CC1. The molecule has 7 nitrogen and oxygen atoms in total. The zero-order valence-corrected chi connectivity index (χ0v) is 19.4. The van der Waals surface area contributed by atoms with E-state index in [-0.39, 0.29) is 49.0 Å². The summed E-state index contributed by atoms with van der Waals surface area (Å²) in [6.07, 6.45) is 1.72. The van der Waals surface area contributed by atoms with Crippen molar-refractivity contribution in [1.82, 2.24) is 13.5 Å². The Balaban J connectivity index is 1.45. The maximum absolute atomic E-state index is 13.2. The first-order valence-corrected chi connectivity index (χ1v) is 12.6. The summed E-state index contributed by atoms with van der Waals surface area (Å²) >= 11 is 0. The van der Waals surface area contributed by atoms with Crippen molar-refractivity contribution in [3.8, 4) is 0 Å². The summed E-state index contributed by atoms with van der Waals surface area (Å²) in [6.45, 7) is 4.13. The van der Waals surface area contributed by atoms with Crippen LogP contribution in [0.25, 0.3) is 0 Å². The van der Waals surface area contributed by atoms with Crippen LogP contribution in [0.5, 0.6) is 0 Å². The van der Waals surface area contributed by atoms with E-state index in [1.165, 1.54) is 28.6 Å². The molecule has 2 aromatic carbocycles. The maximum Gasteiger partial charge on any atom is 0.282 e. The molecule has 0 spiro atoms. The highest BCUT2D eigenvalue weighted by Gasteiger charge is 2.35. The van der Waals surface area contributed by atoms with Gasteiger partial charge in [-0.3, -0.25) is 9.59 Å². The second-order valence-corrected chi connectivity index (χ2v) is 10.6. The van der Waals surface area contributed by atoms with Crippen molar-refractivity contribution >= 4 is 21.9 Å². The largest absolute Gasteiger partial charge is 0.336 e. The van der Waals surface area contributed by atoms with Gasteiger partial charge in [0.15, 0.2) is 5.78 Å². The van der Waals surface area contributed by atoms with Crippen molar-refractivity contribution < 1.29 is 22.4 Å². The Morgan fingerprint density at radius 3 is 1.97 bits per heavy atom. The van der Waals surface area contributed by atoms with Crippen LogP contribution in [0.15, 0.2) is 48.5 Å². The molecule has 2 aliphatic heterocycles. The minimum atomic E-state index is -3.54. The lowest BCUT2D eigenvalue weighted by atomic mass is 9.97. The van der Waals surface area contributed by atoms with Crippen LogP contribution in [0.4, 0.5) is 4.39 Å². The maximum atomic E-state index is 13.2. The fraction of sp³-hybridized carbons (Fsp3) is 0.417. The third kappa shape index (κ3) is 5.00. The van der Waals surface area contributed by atoms with Gasteiger partial charge in [-0.15, -0.1) is 0 Å². The Morgan fingerprint density at radius 1 is 0.818 bits per heavy atom. The second-order valence-electron chi connectivity index (χ2n) is 8.66. The van der Waals surface area contributed by atoms with E-state index in [2.05, 4.69) is 6.92 Å². The van der Waals surface area contributed by atoms with Gasteiger partial charge < -0.3 is 4.90 Å². The first-order chi connectivity index (χ1) is 15.8. The molecule has 0 aromatic heterocycles. The van der Waals surface area contributed by atoms with E-state index in [4.69, 9.17) is 0 Å². The minimum absolute atomic E-state index is 0.216. The summed E-state index contributed by atoms with van der Waals surface area (Å²) < 4.78 is 42.2. The zero-order chi connectivity index (χ0) is 23.6. The summed E-state index contributed by atoms with van der Waals surface area (Å²) in [5.41, 5.74) is 0.795. The van der Waals surface area contributed by atoms with E-state index >= 15 is 0 Å². The van der Waals surface area contributed by atoms with Gasteiger partial charge in [-0.25, -0.2) is 4.39 Å². The van der Waals surface area contributed by atoms with Crippen molar-refractivity contribution in [2.45, 2.75) is 19.8 Å². The number of rotatable bonds is 5. The molecule has 2 fully saturated rings. The Morgan fingerprint density at radius 2 is 1.36 bits per heavy atom. The Hall–Kier alpha value is -2.62. The number of hydrogen-bond donors (Lipinski definition) is 0. The summed E-state index contributed by atoms with van der Waals surface area (Å²) in [7, 11) is -3.54. The Bertz CT molecular complexity index is 1120.